The van der Waals surface area contributed by atoms with E-state index in [4.69, 9.17) is 0 Å². The van der Waals surface area contributed by atoms with E-state index < -0.39 is 15.8 Å². The Hall–Kier alpha value is -2.00. The lowest BCUT2D eigenvalue weighted by Gasteiger charge is -2.26. The summed E-state index contributed by atoms with van der Waals surface area (Å²) in [5.74, 6) is -0.408. The third-order valence-corrected chi connectivity index (χ3v) is 6.66. The van der Waals surface area contributed by atoms with Gasteiger partial charge < -0.3 is 10.2 Å². The number of carbonyl (C=O) groups is 1. The molecular weight excluding hydrogens is 366 g/mol. The van der Waals surface area contributed by atoms with Gasteiger partial charge >= 0.3 is 0 Å². The van der Waals surface area contributed by atoms with Gasteiger partial charge in [-0.15, -0.1) is 5.10 Å². The summed E-state index contributed by atoms with van der Waals surface area (Å²) in [6, 6.07) is 5.45. The van der Waals surface area contributed by atoms with Gasteiger partial charge in [0.2, 0.25) is 5.91 Å². The maximum Gasteiger partial charge on any atom is 0.228 e. The first-order chi connectivity index (χ1) is 12.7. The molecule has 1 aromatic carbocycles. The van der Waals surface area contributed by atoms with E-state index in [2.05, 4.69) is 15.6 Å². The van der Waals surface area contributed by atoms with Gasteiger partial charge in [-0.1, -0.05) is 25.1 Å². The second-order valence-electron chi connectivity index (χ2n) is 7.82. The molecule has 1 aliphatic heterocycles. The fourth-order valence-electron chi connectivity index (χ4n) is 3.66. The second-order valence-corrected chi connectivity index (χ2v) is 9.97. The van der Waals surface area contributed by atoms with Crippen LogP contribution >= 0.6 is 0 Å². The molecule has 0 spiro atoms. The van der Waals surface area contributed by atoms with Crippen molar-refractivity contribution in [3.8, 4) is 0 Å². The van der Waals surface area contributed by atoms with Gasteiger partial charge in [0.15, 0.2) is 9.84 Å². The van der Waals surface area contributed by atoms with Gasteiger partial charge in [0, 0.05) is 33.2 Å². The number of nitrogens with zero attached hydrogens (tertiary/aromatic N) is 4. The summed E-state index contributed by atoms with van der Waals surface area (Å²) in [7, 11) is 0.353. The fraction of sp³-hybridized carbons (Fsp3) is 0.611. The van der Waals surface area contributed by atoms with Crippen molar-refractivity contribution in [1.82, 2.24) is 25.2 Å². The highest BCUT2D eigenvalue weighted by atomic mass is 32.2. The van der Waals surface area contributed by atoms with Crippen LogP contribution in [0.4, 0.5) is 0 Å². The molecule has 1 N–H and O–H groups in total. The SMILES string of the molecule is CC(C)CN(C)C(=O)[C@@H]1CS(=O)(=O)C[C@H]1NCc1ccc2c(c1)nnn2C. The fourth-order valence-corrected chi connectivity index (χ4v) is 5.61. The zero-order valence-corrected chi connectivity index (χ0v) is 17.0. The lowest BCUT2D eigenvalue weighted by atomic mass is 10.0. The average Bonchev–Trinajstić information content (AvgIpc) is 3.11. The molecule has 2 atom stereocenters. The number of aryl methyl sites for hydroxylation is 1. The quantitative estimate of drug-likeness (QED) is 0.771. The number of rotatable bonds is 6. The van der Waals surface area contributed by atoms with Crippen LogP contribution in [0.5, 0.6) is 0 Å². The molecule has 0 bridgehead atoms. The van der Waals surface area contributed by atoms with Gasteiger partial charge in [-0.05, 0) is 23.6 Å². The Morgan fingerprint density at radius 3 is 2.81 bits per heavy atom. The maximum absolute atomic E-state index is 12.8. The minimum absolute atomic E-state index is 0.00763. The van der Waals surface area contributed by atoms with E-state index in [1.165, 1.54) is 0 Å². The molecule has 9 heteroatoms. The summed E-state index contributed by atoms with van der Waals surface area (Å²) in [5, 5.41) is 11.4. The molecule has 1 aliphatic rings. The normalized spacial score (nSPS) is 21.8. The molecule has 2 heterocycles. The van der Waals surface area contributed by atoms with E-state index in [0.29, 0.717) is 19.0 Å². The molecule has 0 unspecified atom stereocenters. The number of hydrogen-bond donors (Lipinski definition) is 1. The molecule has 148 valence electrons. The standard InChI is InChI=1S/C18H27N5O3S/c1-12(2)9-22(3)18(24)14-10-27(25,26)11-16(14)19-8-13-5-6-17-15(7-13)20-21-23(17)4/h5-7,12,14,16,19H,8-11H2,1-4H3/t14-,16-/m1/s1. The summed E-state index contributed by atoms with van der Waals surface area (Å²) >= 11 is 0. The molecule has 0 aliphatic carbocycles. The van der Waals surface area contributed by atoms with Crippen LogP contribution in [0.3, 0.4) is 0 Å². The Labute approximate surface area is 159 Å². The number of carbonyl (C=O) groups excluding carboxylic acids is 1. The lowest BCUT2D eigenvalue weighted by molar-refractivity contribution is -0.134. The Morgan fingerprint density at radius 2 is 2.11 bits per heavy atom. The third-order valence-electron chi connectivity index (χ3n) is 4.93. The Kier molecular flexibility index (Phi) is 5.53. The van der Waals surface area contributed by atoms with Crippen molar-refractivity contribution in [2.45, 2.75) is 26.4 Å². The van der Waals surface area contributed by atoms with Crippen molar-refractivity contribution in [3.63, 3.8) is 0 Å². The summed E-state index contributed by atoms with van der Waals surface area (Å²) in [5.41, 5.74) is 2.71. The van der Waals surface area contributed by atoms with Crippen LogP contribution in [0.15, 0.2) is 18.2 Å². The van der Waals surface area contributed by atoms with Crippen molar-refractivity contribution in [3.05, 3.63) is 23.8 Å². The first-order valence-corrected chi connectivity index (χ1v) is 11.0. The van der Waals surface area contributed by atoms with E-state index in [0.717, 1.165) is 16.6 Å². The number of hydrogen-bond acceptors (Lipinski definition) is 6. The van der Waals surface area contributed by atoms with Gasteiger partial charge in [-0.25, -0.2) is 13.1 Å². The van der Waals surface area contributed by atoms with Crippen molar-refractivity contribution in [2.24, 2.45) is 18.9 Å². The maximum atomic E-state index is 12.8. The van der Waals surface area contributed by atoms with E-state index in [9.17, 15) is 13.2 Å². The van der Waals surface area contributed by atoms with Crippen LogP contribution in [-0.2, 0) is 28.2 Å². The Bertz CT molecular complexity index is 938. The molecule has 3 rings (SSSR count). The number of nitrogens with one attached hydrogen (secondary N) is 1. The molecular formula is C18H27N5O3S. The highest BCUT2D eigenvalue weighted by molar-refractivity contribution is 7.91. The zero-order chi connectivity index (χ0) is 19.8. The molecule has 8 nitrogen and oxygen atoms in total. The molecule has 0 radical (unpaired) electrons. The predicted octanol–water partition coefficient (Wildman–Crippen LogP) is 0.586. The van der Waals surface area contributed by atoms with Crippen LogP contribution in [0.1, 0.15) is 19.4 Å². The highest BCUT2D eigenvalue weighted by Gasteiger charge is 2.42. The van der Waals surface area contributed by atoms with Crippen molar-refractivity contribution < 1.29 is 13.2 Å². The van der Waals surface area contributed by atoms with Crippen LogP contribution in [-0.4, -0.2) is 65.4 Å². The smallest absolute Gasteiger partial charge is 0.228 e. The topological polar surface area (TPSA) is 97.2 Å². The summed E-state index contributed by atoms with van der Waals surface area (Å²) < 4.78 is 26.0. The van der Waals surface area contributed by atoms with Gasteiger partial charge in [0.1, 0.15) is 5.52 Å². The third kappa shape index (κ3) is 4.47. The minimum atomic E-state index is -3.22. The molecule has 2 aromatic rings. The number of amides is 1. The first-order valence-electron chi connectivity index (χ1n) is 9.13. The number of sulfone groups is 1. The monoisotopic (exact) mass is 393 g/mol. The van der Waals surface area contributed by atoms with Crippen LogP contribution in [0.2, 0.25) is 0 Å². The summed E-state index contributed by atoms with van der Waals surface area (Å²) in [6.07, 6.45) is 0. The molecule has 1 aromatic heterocycles. The first kappa shape index (κ1) is 19.8. The predicted molar refractivity (Wildman–Crippen MR) is 104 cm³/mol. The van der Waals surface area contributed by atoms with Crippen molar-refractivity contribution in [1.29, 1.82) is 0 Å². The van der Waals surface area contributed by atoms with Crippen LogP contribution in [0.25, 0.3) is 11.0 Å². The Balaban J connectivity index is 1.71. The minimum Gasteiger partial charge on any atom is -0.345 e. The Morgan fingerprint density at radius 1 is 1.37 bits per heavy atom. The van der Waals surface area contributed by atoms with E-state index in [1.54, 1.807) is 16.6 Å². The largest absolute Gasteiger partial charge is 0.345 e. The van der Waals surface area contributed by atoms with Crippen molar-refractivity contribution >= 4 is 26.8 Å². The number of aromatic nitrogens is 3. The molecule has 27 heavy (non-hydrogen) atoms. The summed E-state index contributed by atoms with van der Waals surface area (Å²) in [6.45, 7) is 5.16. The van der Waals surface area contributed by atoms with E-state index >= 15 is 0 Å². The van der Waals surface area contributed by atoms with E-state index in [-0.39, 0.29) is 23.5 Å². The van der Waals surface area contributed by atoms with Crippen LogP contribution in [0, 0.1) is 11.8 Å². The molecule has 1 saturated heterocycles. The van der Waals surface area contributed by atoms with E-state index in [1.807, 2.05) is 39.1 Å². The summed E-state index contributed by atoms with van der Waals surface area (Å²) in [4.78, 5) is 14.4. The van der Waals surface area contributed by atoms with Gasteiger partial charge in [0.05, 0.1) is 22.9 Å². The van der Waals surface area contributed by atoms with Crippen molar-refractivity contribution in [2.75, 3.05) is 25.1 Å². The van der Waals surface area contributed by atoms with Gasteiger partial charge in [-0.3, -0.25) is 4.79 Å². The molecule has 1 amide bonds. The molecule has 1 fully saturated rings. The second kappa shape index (κ2) is 7.55. The van der Waals surface area contributed by atoms with Gasteiger partial charge in [-0.2, -0.15) is 0 Å². The zero-order valence-electron chi connectivity index (χ0n) is 16.2. The van der Waals surface area contributed by atoms with Crippen LogP contribution < -0.4 is 5.32 Å². The average molecular weight is 394 g/mol. The number of benzene rings is 1. The van der Waals surface area contributed by atoms with Gasteiger partial charge in [0.25, 0.3) is 0 Å². The molecule has 0 saturated carbocycles. The lowest BCUT2D eigenvalue weighted by Crippen LogP contribution is -2.45. The highest BCUT2D eigenvalue weighted by Crippen LogP contribution is 2.23. The number of fused-ring (bicyclic) bond motifs is 1.